The van der Waals surface area contributed by atoms with Crippen molar-refractivity contribution in [2.75, 3.05) is 13.1 Å². The molecule has 4 rings (SSSR count). The number of nitrogens with zero attached hydrogens (tertiary/aromatic N) is 4. The third-order valence-electron chi connectivity index (χ3n) is 5.29. The quantitative estimate of drug-likeness (QED) is 0.773. The summed E-state index contributed by atoms with van der Waals surface area (Å²) in [5.74, 6) is -0.0579. The summed E-state index contributed by atoms with van der Waals surface area (Å²) in [5.41, 5.74) is 2.69. The summed E-state index contributed by atoms with van der Waals surface area (Å²) in [6.07, 6.45) is 3.65. The lowest BCUT2D eigenvalue weighted by Crippen LogP contribution is -2.31. The number of β-amino-alcohol motifs (C(OH)–C–C–N with tert-alkyl or cyclic N) is 1. The molecule has 3 aromatic rings. The maximum absolute atomic E-state index is 12.9. The molecule has 0 bridgehead atoms. The minimum Gasteiger partial charge on any atom is -0.391 e. The minimum atomic E-state index is -0.531. The second-order valence-electron chi connectivity index (χ2n) is 7.48. The van der Waals surface area contributed by atoms with E-state index in [0.717, 1.165) is 22.9 Å². The van der Waals surface area contributed by atoms with E-state index in [1.807, 2.05) is 44.3 Å². The fourth-order valence-corrected chi connectivity index (χ4v) is 3.89. The Morgan fingerprint density at radius 3 is 2.81 bits per heavy atom. The molecule has 1 saturated heterocycles. The molecule has 0 spiro atoms. The van der Waals surface area contributed by atoms with E-state index >= 15 is 0 Å². The molecule has 0 aliphatic carbocycles. The topological polar surface area (TPSA) is 71.2 Å². The molecule has 2 aromatic heterocycles. The number of aliphatic hydroxyl groups excluding tert-OH is 1. The van der Waals surface area contributed by atoms with E-state index in [0.29, 0.717) is 18.8 Å². The summed E-state index contributed by atoms with van der Waals surface area (Å²) in [4.78, 5) is 19.1. The van der Waals surface area contributed by atoms with Crippen LogP contribution in [0.4, 0.5) is 0 Å². The summed E-state index contributed by atoms with van der Waals surface area (Å²) in [6.45, 7) is 4.90. The first-order valence-corrected chi connectivity index (χ1v) is 9.38. The fourth-order valence-electron chi connectivity index (χ4n) is 3.89. The van der Waals surface area contributed by atoms with Gasteiger partial charge in [0.25, 0.3) is 5.91 Å². The molecule has 0 radical (unpaired) electrons. The third kappa shape index (κ3) is 3.32. The molecule has 27 heavy (non-hydrogen) atoms. The number of rotatable bonds is 4. The van der Waals surface area contributed by atoms with Crippen LogP contribution in [-0.4, -0.2) is 49.9 Å². The van der Waals surface area contributed by atoms with Crippen molar-refractivity contribution in [3.8, 4) is 0 Å². The Morgan fingerprint density at radius 2 is 2.00 bits per heavy atom. The van der Waals surface area contributed by atoms with Crippen molar-refractivity contribution in [2.45, 2.75) is 32.4 Å². The standard InChI is InChI=1S/C21H24N4O2/c1-14(2)25-19(8-10-23-25)21(27)24-12-16(20(26)13-24)11-15-7-9-22-18-6-4-3-5-17(15)18/h3-10,14,16,20,26H,11-13H2,1-2H3/t16-,20-/m1/s1. The summed E-state index contributed by atoms with van der Waals surface area (Å²) < 4.78 is 1.73. The van der Waals surface area contributed by atoms with Gasteiger partial charge in [-0.1, -0.05) is 18.2 Å². The largest absolute Gasteiger partial charge is 0.391 e. The first-order chi connectivity index (χ1) is 13.0. The Balaban J connectivity index is 1.53. The lowest BCUT2D eigenvalue weighted by Gasteiger charge is -2.18. The van der Waals surface area contributed by atoms with Gasteiger partial charge in [-0.15, -0.1) is 0 Å². The molecule has 1 aliphatic heterocycles. The monoisotopic (exact) mass is 364 g/mol. The van der Waals surface area contributed by atoms with E-state index in [1.54, 1.807) is 21.8 Å². The van der Waals surface area contributed by atoms with Gasteiger partial charge in [-0.25, -0.2) is 0 Å². The predicted molar refractivity (Wildman–Crippen MR) is 103 cm³/mol. The molecule has 1 fully saturated rings. The van der Waals surface area contributed by atoms with Gasteiger partial charge in [0, 0.05) is 42.8 Å². The number of benzene rings is 1. The van der Waals surface area contributed by atoms with Crippen molar-refractivity contribution in [1.29, 1.82) is 0 Å². The second kappa shape index (κ2) is 7.12. The average Bonchev–Trinajstić information content (AvgIpc) is 3.29. The smallest absolute Gasteiger partial charge is 0.272 e. The van der Waals surface area contributed by atoms with Crippen molar-refractivity contribution >= 4 is 16.8 Å². The Bertz CT molecular complexity index is 960. The summed E-state index contributed by atoms with van der Waals surface area (Å²) in [7, 11) is 0. The molecule has 1 aliphatic rings. The van der Waals surface area contributed by atoms with Gasteiger partial charge in [0.05, 0.1) is 11.6 Å². The SMILES string of the molecule is CC(C)n1nccc1C(=O)N1C[C@@H](Cc2ccnc3ccccc23)[C@H](O)C1. The van der Waals surface area contributed by atoms with Crippen LogP contribution in [0, 0.1) is 5.92 Å². The van der Waals surface area contributed by atoms with Crippen LogP contribution in [0.2, 0.25) is 0 Å². The van der Waals surface area contributed by atoms with Crippen LogP contribution >= 0.6 is 0 Å². The number of hydrogen-bond acceptors (Lipinski definition) is 4. The average molecular weight is 364 g/mol. The van der Waals surface area contributed by atoms with E-state index in [4.69, 9.17) is 0 Å². The Morgan fingerprint density at radius 1 is 1.19 bits per heavy atom. The van der Waals surface area contributed by atoms with E-state index in [2.05, 4.69) is 16.1 Å². The van der Waals surface area contributed by atoms with E-state index in [-0.39, 0.29) is 17.9 Å². The number of carbonyl (C=O) groups excluding carboxylic acids is 1. The van der Waals surface area contributed by atoms with Gasteiger partial charge in [0.15, 0.2) is 0 Å². The molecular formula is C21H24N4O2. The van der Waals surface area contributed by atoms with Gasteiger partial charge in [0.2, 0.25) is 0 Å². The second-order valence-corrected chi connectivity index (χ2v) is 7.48. The van der Waals surface area contributed by atoms with Crippen LogP contribution in [0.25, 0.3) is 10.9 Å². The number of fused-ring (bicyclic) bond motifs is 1. The minimum absolute atomic E-state index is 0.00942. The van der Waals surface area contributed by atoms with E-state index in [1.165, 1.54) is 0 Å². The van der Waals surface area contributed by atoms with Crippen LogP contribution in [0.5, 0.6) is 0 Å². The first-order valence-electron chi connectivity index (χ1n) is 9.38. The van der Waals surface area contributed by atoms with Gasteiger partial charge in [0.1, 0.15) is 5.69 Å². The summed E-state index contributed by atoms with van der Waals surface area (Å²) >= 11 is 0. The highest BCUT2D eigenvalue weighted by molar-refractivity contribution is 5.92. The number of hydrogen-bond donors (Lipinski definition) is 1. The zero-order valence-corrected chi connectivity index (χ0v) is 15.6. The Hall–Kier alpha value is -2.73. The number of para-hydroxylation sites is 1. The highest BCUT2D eigenvalue weighted by Crippen LogP contribution is 2.26. The number of likely N-dealkylation sites (tertiary alicyclic amines) is 1. The molecule has 1 aromatic carbocycles. The molecule has 6 heteroatoms. The van der Waals surface area contributed by atoms with E-state index < -0.39 is 6.10 Å². The molecule has 1 amide bonds. The molecule has 1 N–H and O–H groups in total. The fraction of sp³-hybridized carbons (Fsp3) is 0.381. The van der Waals surface area contributed by atoms with Crippen molar-refractivity contribution in [3.05, 3.63) is 60.0 Å². The van der Waals surface area contributed by atoms with Crippen LogP contribution in [0.15, 0.2) is 48.8 Å². The van der Waals surface area contributed by atoms with Crippen LogP contribution in [-0.2, 0) is 6.42 Å². The van der Waals surface area contributed by atoms with Gasteiger partial charge in [-0.05, 0) is 44.0 Å². The molecular weight excluding hydrogens is 340 g/mol. The predicted octanol–water partition coefficient (Wildman–Crippen LogP) is 2.69. The third-order valence-corrected chi connectivity index (χ3v) is 5.29. The lowest BCUT2D eigenvalue weighted by atomic mass is 9.94. The van der Waals surface area contributed by atoms with Crippen LogP contribution < -0.4 is 0 Å². The molecule has 0 saturated carbocycles. The number of amides is 1. The van der Waals surface area contributed by atoms with Gasteiger partial charge < -0.3 is 10.0 Å². The normalized spacial score (nSPS) is 19.9. The van der Waals surface area contributed by atoms with E-state index in [9.17, 15) is 9.90 Å². The van der Waals surface area contributed by atoms with Crippen molar-refractivity contribution in [3.63, 3.8) is 0 Å². The molecule has 2 atom stereocenters. The highest BCUT2D eigenvalue weighted by atomic mass is 16.3. The zero-order valence-electron chi connectivity index (χ0n) is 15.6. The molecule has 3 heterocycles. The van der Waals surface area contributed by atoms with Crippen molar-refractivity contribution < 1.29 is 9.90 Å². The maximum atomic E-state index is 12.9. The maximum Gasteiger partial charge on any atom is 0.272 e. The summed E-state index contributed by atoms with van der Waals surface area (Å²) in [5, 5.41) is 15.9. The zero-order chi connectivity index (χ0) is 19.0. The number of pyridine rings is 1. The van der Waals surface area contributed by atoms with Crippen LogP contribution in [0.1, 0.15) is 35.9 Å². The lowest BCUT2D eigenvalue weighted by molar-refractivity contribution is 0.0750. The summed E-state index contributed by atoms with van der Waals surface area (Å²) in [6, 6.07) is 11.9. The van der Waals surface area contributed by atoms with Gasteiger partial charge >= 0.3 is 0 Å². The van der Waals surface area contributed by atoms with Gasteiger partial charge in [-0.3, -0.25) is 14.5 Å². The molecule has 140 valence electrons. The highest BCUT2D eigenvalue weighted by Gasteiger charge is 2.35. The van der Waals surface area contributed by atoms with Gasteiger partial charge in [-0.2, -0.15) is 5.10 Å². The number of aromatic nitrogens is 3. The Kier molecular flexibility index (Phi) is 4.66. The van der Waals surface area contributed by atoms with Crippen LogP contribution in [0.3, 0.4) is 0 Å². The number of carbonyl (C=O) groups is 1. The molecule has 0 unspecified atom stereocenters. The first kappa shape index (κ1) is 17.7. The Labute approximate surface area is 158 Å². The number of aliphatic hydroxyl groups is 1. The molecule has 6 nitrogen and oxygen atoms in total. The van der Waals surface area contributed by atoms with Crippen molar-refractivity contribution in [2.24, 2.45) is 5.92 Å². The van der Waals surface area contributed by atoms with Crippen molar-refractivity contribution in [1.82, 2.24) is 19.7 Å².